The minimum atomic E-state index is 0.0306. The molecule has 19 heavy (non-hydrogen) atoms. The molecule has 0 aromatic heterocycles. The Kier molecular flexibility index (Phi) is 3.09. The second kappa shape index (κ2) is 4.63. The van der Waals surface area contributed by atoms with Gasteiger partial charge in [-0.25, -0.2) is 0 Å². The van der Waals surface area contributed by atoms with Gasteiger partial charge in [0.1, 0.15) is 5.75 Å². The lowest BCUT2D eigenvalue weighted by atomic mass is 9.94. The van der Waals surface area contributed by atoms with Gasteiger partial charge in [-0.2, -0.15) is 11.8 Å². The summed E-state index contributed by atoms with van der Waals surface area (Å²) in [7, 11) is 1.70. The van der Waals surface area contributed by atoms with Gasteiger partial charge in [-0.15, -0.1) is 0 Å². The van der Waals surface area contributed by atoms with Crippen LogP contribution in [0, 0.1) is 0 Å². The van der Waals surface area contributed by atoms with Gasteiger partial charge in [-0.05, 0) is 18.6 Å². The van der Waals surface area contributed by atoms with E-state index in [2.05, 4.69) is 22.9 Å². The highest BCUT2D eigenvalue weighted by Gasteiger charge is 2.48. The predicted octanol–water partition coefficient (Wildman–Crippen LogP) is 2.09. The average molecular weight is 277 g/mol. The second-order valence-corrected chi connectivity index (χ2v) is 6.66. The number of para-hydroxylation sites is 2. The number of rotatable bonds is 2. The van der Waals surface area contributed by atoms with Crippen LogP contribution in [0.25, 0.3) is 0 Å². The van der Waals surface area contributed by atoms with E-state index >= 15 is 0 Å². The molecule has 5 heteroatoms. The molecule has 1 saturated heterocycles. The number of thioether (sulfide) groups is 1. The molecule has 4 nitrogen and oxygen atoms in total. The van der Waals surface area contributed by atoms with Crippen LogP contribution in [-0.4, -0.2) is 36.2 Å². The van der Waals surface area contributed by atoms with Crippen molar-refractivity contribution in [3.63, 3.8) is 0 Å². The van der Waals surface area contributed by atoms with E-state index in [9.17, 15) is 0 Å². The van der Waals surface area contributed by atoms with Crippen LogP contribution in [0.2, 0.25) is 0 Å². The highest BCUT2D eigenvalue weighted by Crippen LogP contribution is 2.45. The van der Waals surface area contributed by atoms with Crippen molar-refractivity contribution in [2.45, 2.75) is 24.1 Å². The molecule has 0 bridgehead atoms. The molecule has 2 atom stereocenters. The van der Waals surface area contributed by atoms with Gasteiger partial charge in [0, 0.05) is 11.0 Å². The Morgan fingerprint density at radius 3 is 2.95 bits per heavy atom. The molecule has 0 radical (unpaired) electrons. The number of guanidine groups is 1. The lowest BCUT2D eigenvalue weighted by Gasteiger charge is -2.36. The van der Waals surface area contributed by atoms with Gasteiger partial charge >= 0.3 is 0 Å². The summed E-state index contributed by atoms with van der Waals surface area (Å²) in [5, 5.41) is 0.651. The topological polar surface area (TPSA) is 50.9 Å². The van der Waals surface area contributed by atoms with E-state index in [1.165, 1.54) is 0 Å². The third-order valence-corrected chi connectivity index (χ3v) is 5.31. The molecular weight excluding hydrogens is 258 g/mol. The number of hydrogen-bond donors (Lipinski definition) is 1. The highest BCUT2D eigenvalue weighted by molar-refractivity contribution is 8.00. The largest absolute Gasteiger partial charge is 0.495 e. The van der Waals surface area contributed by atoms with Gasteiger partial charge in [0.15, 0.2) is 5.96 Å². The van der Waals surface area contributed by atoms with Crippen LogP contribution in [-0.2, 0) is 0 Å². The van der Waals surface area contributed by atoms with Crippen molar-refractivity contribution < 1.29 is 4.74 Å². The zero-order valence-corrected chi connectivity index (χ0v) is 12.1. The summed E-state index contributed by atoms with van der Waals surface area (Å²) < 4.78 is 5.48. The number of methoxy groups -OCH3 is 1. The molecule has 2 aliphatic heterocycles. The third kappa shape index (κ3) is 1.96. The maximum atomic E-state index is 6.15. The van der Waals surface area contributed by atoms with Crippen molar-refractivity contribution in [3.05, 3.63) is 24.3 Å². The summed E-state index contributed by atoms with van der Waals surface area (Å²) in [5.74, 6) is 2.53. The van der Waals surface area contributed by atoms with Crippen LogP contribution in [0.5, 0.6) is 5.75 Å². The molecule has 102 valence electrons. The molecule has 1 aromatic rings. The van der Waals surface area contributed by atoms with Crippen LogP contribution in [0.1, 0.15) is 13.3 Å². The quantitative estimate of drug-likeness (QED) is 0.899. The molecule has 2 unspecified atom stereocenters. The summed E-state index contributed by atoms with van der Waals surface area (Å²) >= 11 is 2.00. The summed E-state index contributed by atoms with van der Waals surface area (Å²) in [6, 6.07) is 8.02. The summed E-state index contributed by atoms with van der Waals surface area (Å²) in [5.41, 5.74) is 7.20. The van der Waals surface area contributed by atoms with Crippen molar-refractivity contribution in [3.8, 4) is 5.75 Å². The minimum Gasteiger partial charge on any atom is -0.495 e. The number of ether oxygens (including phenoxy) is 1. The predicted molar refractivity (Wildman–Crippen MR) is 81.2 cm³/mol. The first-order valence-corrected chi connectivity index (χ1v) is 7.56. The Morgan fingerprint density at radius 2 is 2.26 bits per heavy atom. The Balaban J connectivity index is 2.03. The average Bonchev–Trinajstić information content (AvgIpc) is 2.94. The fraction of sp³-hybridized carbons (Fsp3) is 0.500. The molecule has 2 aliphatic rings. The minimum absolute atomic E-state index is 0.0306. The standard InChI is InChI=1S/C14H19N3OS/c1-10-7-14(9-19-10)8-16-13(15)17(14)11-5-3-4-6-12(11)18-2/h3-6,10H,7-9H2,1-2H3,(H2,15,16). The van der Waals surface area contributed by atoms with Crippen LogP contribution in [0.15, 0.2) is 29.3 Å². The van der Waals surface area contributed by atoms with Crippen LogP contribution in [0.4, 0.5) is 5.69 Å². The summed E-state index contributed by atoms with van der Waals surface area (Å²) in [6.07, 6.45) is 1.11. The number of benzene rings is 1. The number of nitrogens with two attached hydrogens (primary N) is 1. The smallest absolute Gasteiger partial charge is 0.196 e. The van der Waals surface area contributed by atoms with Crippen LogP contribution < -0.4 is 15.4 Å². The van der Waals surface area contributed by atoms with Gasteiger partial charge in [0.2, 0.25) is 0 Å². The van der Waals surface area contributed by atoms with Crippen molar-refractivity contribution >= 4 is 23.4 Å². The first-order valence-electron chi connectivity index (χ1n) is 6.51. The Hall–Kier alpha value is -1.36. The maximum absolute atomic E-state index is 6.15. The van der Waals surface area contributed by atoms with Gasteiger partial charge in [-0.3, -0.25) is 4.99 Å². The van der Waals surface area contributed by atoms with Crippen molar-refractivity contribution in [1.82, 2.24) is 0 Å². The van der Waals surface area contributed by atoms with Crippen molar-refractivity contribution in [1.29, 1.82) is 0 Å². The van der Waals surface area contributed by atoms with E-state index < -0.39 is 0 Å². The SMILES string of the molecule is COc1ccccc1N1C(N)=NCC12CSC(C)C2. The Labute approximate surface area is 118 Å². The van der Waals surface area contributed by atoms with E-state index in [1.54, 1.807) is 7.11 Å². The lowest BCUT2D eigenvalue weighted by molar-refractivity contribution is 0.410. The Bertz CT molecular complexity index is 519. The number of aliphatic imine (C=N–C) groups is 1. The van der Waals surface area contributed by atoms with E-state index in [4.69, 9.17) is 10.5 Å². The van der Waals surface area contributed by atoms with E-state index in [0.29, 0.717) is 11.2 Å². The summed E-state index contributed by atoms with van der Waals surface area (Å²) in [6.45, 7) is 3.06. The molecule has 1 aromatic carbocycles. The van der Waals surface area contributed by atoms with E-state index in [0.717, 1.165) is 30.2 Å². The van der Waals surface area contributed by atoms with Gasteiger partial charge in [0.25, 0.3) is 0 Å². The number of hydrogen-bond acceptors (Lipinski definition) is 5. The number of nitrogens with zero attached hydrogens (tertiary/aromatic N) is 2. The molecule has 0 saturated carbocycles. The molecular formula is C14H19N3OS. The molecule has 3 rings (SSSR count). The van der Waals surface area contributed by atoms with Crippen LogP contribution in [0.3, 0.4) is 0 Å². The lowest BCUT2D eigenvalue weighted by Crippen LogP contribution is -2.52. The monoisotopic (exact) mass is 277 g/mol. The number of anilines is 1. The normalized spacial score (nSPS) is 29.9. The molecule has 2 heterocycles. The Morgan fingerprint density at radius 1 is 1.47 bits per heavy atom. The highest BCUT2D eigenvalue weighted by atomic mass is 32.2. The van der Waals surface area contributed by atoms with Crippen molar-refractivity contribution in [2.24, 2.45) is 10.7 Å². The first-order chi connectivity index (χ1) is 9.16. The third-order valence-electron chi connectivity index (χ3n) is 3.87. The molecule has 0 aliphatic carbocycles. The maximum Gasteiger partial charge on any atom is 0.196 e. The molecule has 1 spiro atoms. The van der Waals surface area contributed by atoms with Gasteiger partial charge in [-0.1, -0.05) is 19.1 Å². The van der Waals surface area contributed by atoms with E-state index in [1.807, 2.05) is 30.0 Å². The first kappa shape index (κ1) is 12.7. The summed E-state index contributed by atoms with van der Waals surface area (Å²) in [4.78, 5) is 6.67. The fourth-order valence-electron chi connectivity index (χ4n) is 3.02. The fourth-order valence-corrected chi connectivity index (χ4v) is 4.38. The molecule has 0 amide bonds. The van der Waals surface area contributed by atoms with Crippen molar-refractivity contribution in [2.75, 3.05) is 24.3 Å². The van der Waals surface area contributed by atoms with E-state index in [-0.39, 0.29) is 5.54 Å². The van der Waals surface area contributed by atoms with Gasteiger partial charge in [0.05, 0.1) is 24.9 Å². The zero-order chi connectivity index (χ0) is 13.5. The zero-order valence-electron chi connectivity index (χ0n) is 11.3. The molecule has 1 fully saturated rings. The second-order valence-electron chi connectivity index (χ2n) is 5.23. The molecule has 2 N–H and O–H groups in total. The van der Waals surface area contributed by atoms with Gasteiger partial charge < -0.3 is 15.4 Å². The van der Waals surface area contributed by atoms with Crippen LogP contribution >= 0.6 is 11.8 Å².